The molecule has 5 heteroatoms. The number of nitrogens with two attached hydrogens (primary N) is 1. The van der Waals surface area contributed by atoms with Crippen LogP contribution in [-0.4, -0.2) is 5.91 Å². The molecule has 1 aromatic rings. The van der Waals surface area contributed by atoms with E-state index in [0.29, 0.717) is 0 Å². The molecule has 0 aromatic heterocycles. The van der Waals surface area contributed by atoms with Gasteiger partial charge in [0.2, 0.25) is 5.91 Å². The summed E-state index contributed by atoms with van der Waals surface area (Å²) in [6, 6.07) is 3.73. The molecule has 1 aromatic carbocycles. The number of carbonyl (C=O) groups excluding carboxylic acids is 1. The van der Waals surface area contributed by atoms with Crippen LogP contribution in [0.3, 0.4) is 0 Å². The highest BCUT2D eigenvalue weighted by Crippen LogP contribution is 2.28. The van der Waals surface area contributed by atoms with Gasteiger partial charge in [0, 0.05) is 5.56 Å². The minimum atomic E-state index is -4.38. The zero-order valence-electron chi connectivity index (χ0n) is 6.43. The third-order valence-electron chi connectivity index (χ3n) is 1.50. The molecule has 13 heavy (non-hydrogen) atoms. The summed E-state index contributed by atoms with van der Waals surface area (Å²) in [4.78, 5) is 10.5. The van der Waals surface area contributed by atoms with Crippen LogP contribution in [0.5, 0.6) is 0 Å². The molecule has 2 nitrogen and oxygen atoms in total. The van der Waals surface area contributed by atoms with Gasteiger partial charge in [-0.05, 0) is 24.3 Å². The van der Waals surface area contributed by atoms with E-state index in [0.717, 1.165) is 24.3 Å². The fourth-order valence-corrected chi connectivity index (χ4v) is 0.823. The Balaban J connectivity index is 3.01. The van der Waals surface area contributed by atoms with Crippen molar-refractivity contribution in [3.63, 3.8) is 0 Å². The van der Waals surface area contributed by atoms with E-state index in [1.807, 2.05) is 0 Å². The lowest BCUT2D eigenvalue weighted by Gasteiger charge is -2.05. The molecule has 0 saturated carbocycles. The molecule has 1 rings (SSSR count). The Morgan fingerprint density at radius 3 is 1.92 bits per heavy atom. The van der Waals surface area contributed by atoms with Gasteiger partial charge in [0.1, 0.15) is 0 Å². The van der Waals surface area contributed by atoms with E-state index in [4.69, 9.17) is 5.73 Å². The molecule has 0 heterocycles. The molecule has 0 atom stereocenters. The highest BCUT2D eigenvalue weighted by molar-refractivity contribution is 5.92. The van der Waals surface area contributed by atoms with E-state index < -0.39 is 17.6 Å². The summed E-state index contributed by atoms with van der Waals surface area (Å²) in [7, 11) is 0. The van der Waals surface area contributed by atoms with E-state index in [1.165, 1.54) is 0 Å². The van der Waals surface area contributed by atoms with Gasteiger partial charge in [-0.2, -0.15) is 13.2 Å². The van der Waals surface area contributed by atoms with Gasteiger partial charge < -0.3 is 5.73 Å². The summed E-state index contributed by atoms with van der Waals surface area (Å²) >= 11 is 0. The molecule has 70 valence electrons. The lowest BCUT2D eigenvalue weighted by atomic mass is 10.1. The standard InChI is InChI=1S/C8H6F3NO/c9-8(10,11)6-3-1-5(2-4-6)7(12)13/h1-4H,(H2,12,13)/i9-1. The van der Waals surface area contributed by atoms with Crippen molar-refractivity contribution >= 4 is 5.91 Å². The van der Waals surface area contributed by atoms with E-state index >= 15 is 0 Å². The van der Waals surface area contributed by atoms with Gasteiger partial charge >= 0.3 is 6.18 Å². The molecule has 0 spiro atoms. The molecular weight excluding hydrogens is 182 g/mol. The Kier molecular flexibility index (Phi) is 2.27. The van der Waals surface area contributed by atoms with Gasteiger partial charge in [0.05, 0.1) is 5.56 Å². The predicted molar refractivity (Wildman–Crippen MR) is 40.0 cm³/mol. The fourth-order valence-electron chi connectivity index (χ4n) is 0.823. The summed E-state index contributed by atoms with van der Waals surface area (Å²) in [6.07, 6.45) is -4.38. The number of rotatable bonds is 1. The van der Waals surface area contributed by atoms with E-state index in [1.54, 1.807) is 0 Å². The fraction of sp³-hybridized carbons (Fsp3) is 0.125. The van der Waals surface area contributed by atoms with Crippen molar-refractivity contribution in [1.82, 2.24) is 0 Å². The highest BCUT2D eigenvalue weighted by atomic mass is 19.3. The number of hydrogen-bond donors (Lipinski definition) is 1. The third kappa shape index (κ3) is 2.21. The van der Waals surface area contributed by atoms with Gasteiger partial charge in [-0.1, -0.05) is 0 Å². The maximum absolute atomic E-state index is 12.0. The van der Waals surface area contributed by atoms with Crippen LogP contribution in [0.1, 0.15) is 15.9 Å². The topological polar surface area (TPSA) is 43.1 Å². The van der Waals surface area contributed by atoms with Crippen LogP contribution in [0.2, 0.25) is 0 Å². The molecule has 0 aliphatic rings. The number of benzene rings is 1. The second-order valence-electron chi connectivity index (χ2n) is 2.44. The van der Waals surface area contributed by atoms with Crippen molar-refractivity contribution in [2.24, 2.45) is 5.73 Å². The molecule has 1 amide bonds. The van der Waals surface area contributed by atoms with Crippen LogP contribution < -0.4 is 5.73 Å². The second-order valence-corrected chi connectivity index (χ2v) is 2.44. The highest BCUT2D eigenvalue weighted by Gasteiger charge is 2.30. The smallest absolute Gasteiger partial charge is 0.366 e. The molecule has 0 saturated heterocycles. The average Bonchev–Trinajstić information content (AvgIpc) is 2.03. The number of carbonyl (C=O) groups is 1. The van der Waals surface area contributed by atoms with Gasteiger partial charge in [-0.15, -0.1) is 0 Å². The Hall–Kier alpha value is -1.52. The predicted octanol–water partition coefficient (Wildman–Crippen LogP) is 1.80. The molecule has 0 radical (unpaired) electrons. The first-order valence-electron chi connectivity index (χ1n) is 3.38. The van der Waals surface area contributed by atoms with Crippen LogP contribution in [0.4, 0.5) is 13.2 Å². The molecule has 0 bridgehead atoms. The Bertz CT molecular complexity index is 315. The Morgan fingerprint density at radius 2 is 1.62 bits per heavy atom. The zero-order valence-corrected chi connectivity index (χ0v) is 6.43. The van der Waals surface area contributed by atoms with E-state index in [2.05, 4.69) is 0 Å². The normalized spacial score (nSPS) is 11.3. The first-order chi connectivity index (χ1) is 5.91. The monoisotopic (exact) mass is 188 g/mol. The van der Waals surface area contributed by atoms with E-state index in [9.17, 15) is 18.0 Å². The lowest BCUT2D eigenvalue weighted by Crippen LogP contribution is -2.11. The van der Waals surface area contributed by atoms with Gasteiger partial charge in [-0.3, -0.25) is 4.79 Å². The Morgan fingerprint density at radius 1 is 1.15 bits per heavy atom. The van der Waals surface area contributed by atoms with Gasteiger partial charge in [0.15, 0.2) is 0 Å². The van der Waals surface area contributed by atoms with Crippen molar-refractivity contribution in [2.75, 3.05) is 0 Å². The summed E-state index contributed by atoms with van der Waals surface area (Å²) in [5.41, 5.74) is 4.12. The first kappa shape index (κ1) is 9.57. The van der Waals surface area contributed by atoms with Crippen LogP contribution in [0.25, 0.3) is 0 Å². The summed E-state index contributed by atoms with van der Waals surface area (Å²) < 4.78 is 36.0. The molecule has 0 fully saturated rings. The number of halogens is 3. The number of primary amides is 1. The number of amides is 1. The van der Waals surface area contributed by atoms with Crippen molar-refractivity contribution in [2.45, 2.75) is 6.18 Å². The van der Waals surface area contributed by atoms with Crippen molar-refractivity contribution < 1.29 is 18.0 Å². The lowest BCUT2D eigenvalue weighted by molar-refractivity contribution is -0.137. The van der Waals surface area contributed by atoms with E-state index in [-0.39, 0.29) is 5.56 Å². The minimum absolute atomic E-state index is 0.0630. The van der Waals surface area contributed by atoms with Crippen LogP contribution in [-0.2, 0) is 6.18 Å². The maximum Gasteiger partial charge on any atom is 0.416 e. The number of alkyl halides is 3. The molecule has 0 aliphatic heterocycles. The second kappa shape index (κ2) is 3.08. The summed E-state index contributed by atoms with van der Waals surface area (Å²) in [5, 5.41) is 0. The third-order valence-corrected chi connectivity index (χ3v) is 1.50. The largest absolute Gasteiger partial charge is 0.416 e. The van der Waals surface area contributed by atoms with Crippen molar-refractivity contribution in [3.05, 3.63) is 35.4 Å². The molecule has 0 unspecified atom stereocenters. The zero-order chi connectivity index (χ0) is 10.1. The average molecular weight is 188 g/mol. The maximum atomic E-state index is 12.0. The SMILES string of the molecule is NC(=O)c1ccc(C(F)(F)[18F])cc1. The quantitative estimate of drug-likeness (QED) is 0.717. The Labute approximate surface area is 72.2 Å². The minimum Gasteiger partial charge on any atom is -0.366 e. The molecular formula is C8H6F3NO. The van der Waals surface area contributed by atoms with Gasteiger partial charge in [-0.25, -0.2) is 0 Å². The number of hydrogen-bond acceptors (Lipinski definition) is 1. The summed E-state index contributed by atoms with van der Waals surface area (Å²) in [5.74, 6) is -0.742. The van der Waals surface area contributed by atoms with Crippen molar-refractivity contribution in [1.29, 1.82) is 0 Å². The van der Waals surface area contributed by atoms with Crippen LogP contribution in [0.15, 0.2) is 24.3 Å². The van der Waals surface area contributed by atoms with Crippen LogP contribution >= 0.6 is 0 Å². The molecule has 2 N–H and O–H groups in total. The van der Waals surface area contributed by atoms with Crippen molar-refractivity contribution in [3.8, 4) is 0 Å². The van der Waals surface area contributed by atoms with Gasteiger partial charge in [0.25, 0.3) is 0 Å². The van der Waals surface area contributed by atoms with Crippen LogP contribution in [0, 0.1) is 0 Å². The molecule has 0 aliphatic carbocycles. The first-order valence-corrected chi connectivity index (χ1v) is 3.38. The summed E-state index contributed by atoms with van der Waals surface area (Å²) in [6.45, 7) is 0.